The molecule has 0 aromatic carbocycles. The van der Waals surface area contributed by atoms with Crippen LogP contribution < -0.4 is 51.4 Å². The summed E-state index contributed by atoms with van der Waals surface area (Å²) >= 11 is 0. The first kappa shape index (κ1) is 47.6. The Bertz CT molecular complexity index is 592. The van der Waals surface area contributed by atoms with Crippen LogP contribution in [0.5, 0.6) is 0 Å². The fraction of sp³-hybridized carbons (Fsp3) is 1.00. The fourth-order valence-electron chi connectivity index (χ4n) is 6.45. The Morgan fingerprint density at radius 1 is 0.409 bits per heavy atom. The molecular weight excluding hydrogens is 592 g/mol. The van der Waals surface area contributed by atoms with Crippen molar-refractivity contribution in [2.75, 3.05) is 6.61 Å². The van der Waals surface area contributed by atoms with Crippen LogP contribution in [0.4, 0.5) is 0 Å². The van der Waals surface area contributed by atoms with Crippen molar-refractivity contribution in [1.82, 2.24) is 0 Å². The minimum atomic E-state index is -4.59. The van der Waals surface area contributed by atoms with Crippen LogP contribution in [0, 0.1) is 5.92 Å². The van der Waals surface area contributed by atoms with Crippen LogP contribution in [0.1, 0.15) is 232 Å². The first-order valence-corrected chi connectivity index (χ1v) is 20.9. The van der Waals surface area contributed by atoms with E-state index >= 15 is 0 Å². The van der Waals surface area contributed by atoms with Gasteiger partial charge in [-0.2, -0.15) is 0 Å². The van der Waals surface area contributed by atoms with Gasteiger partial charge in [-0.05, 0) is 18.8 Å². The zero-order chi connectivity index (χ0) is 31.5. The van der Waals surface area contributed by atoms with Gasteiger partial charge in [0.25, 0.3) is 0 Å². The van der Waals surface area contributed by atoms with E-state index in [0.717, 1.165) is 25.7 Å². The van der Waals surface area contributed by atoms with Crippen LogP contribution in [0.15, 0.2) is 0 Å². The normalized spacial score (nSPS) is 11.8. The largest absolute Gasteiger partial charge is 1.00 e. The molecule has 6 heteroatoms. The van der Waals surface area contributed by atoms with Crippen LogP contribution in [0.2, 0.25) is 0 Å². The summed E-state index contributed by atoms with van der Waals surface area (Å²) in [5.41, 5.74) is 0. The summed E-state index contributed by atoms with van der Waals surface area (Å²) in [7, 11) is -4.59. The molecule has 260 valence electrons. The standard InChI is InChI=1S/C38H78O4S.K/c1-3-5-7-9-11-13-15-17-19-21-23-25-27-29-31-33-35-38(37-42-43(39,40)41)36-34-32-30-28-26-24-22-20-18-16-14-12-10-8-6-4-2;/h38H,3-37H2,1-2H3,(H,39,40,41);/q;+1/p-1. The SMILES string of the molecule is CCCCCCCCCCCCCCCCCCC(CCCCCCCCCCCCCCCCCC)COS(=O)(=O)[O-].[K+]. The third-order valence-electron chi connectivity index (χ3n) is 9.38. The van der Waals surface area contributed by atoms with E-state index in [0.29, 0.717) is 0 Å². The van der Waals surface area contributed by atoms with Gasteiger partial charge in [-0.15, -0.1) is 0 Å². The van der Waals surface area contributed by atoms with Gasteiger partial charge >= 0.3 is 51.4 Å². The molecule has 0 radical (unpaired) electrons. The minimum absolute atomic E-state index is 0. The second-order valence-corrected chi connectivity index (χ2v) is 14.8. The summed E-state index contributed by atoms with van der Waals surface area (Å²) in [5, 5.41) is 0. The summed E-state index contributed by atoms with van der Waals surface area (Å²) < 4.78 is 37.7. The molecule has 4 nitrogen and oxygen atoms in total. The number of hydrogen-bond acceptors (Lipinski definition) is 4. The quantitative estimate of drug-likeness (QED) is 0.0286. The maximum Gasteiger partial charge on any atom is 1.00 e. The zero-order valence-electron chi connectivity index (χ0n) is 30.4. The smallest absolute Gasteiger partial charge is 0.726 e. The molecule has 0 atom stereocenters. The molecule has 0 saturated carbocycles. The molecule has 0 fully saturated rings. The van der Waals surface area contributed by atoms with Gasteiger partial charge in [-0.25, -0.2) is 8.42 Å². The number of hydrogen-bond donors (Lipinski definition) is 0. The monoisotopic (exact) mass is 669 g/mol. The molecule has 0 aliphatic carbocycles. The summed E-state index contributed by atoms with van der Waals surface area (Å²) in [6, 6.07) is 0. The molecular formula is C38H77KO4S. The van der Waals surface area contributed by atoms with Crippen molar-refractivity contribution < 1.29 is 68.5 Å². The van der Waals surface area contributed by atoms with E-state index in [1.165, 1.54) is 193 Å². The van der Waals surface area contributed by atoms with Gasteiger partial charge in [0.05, 0.1) is 6.61 Å². The van der Waals surface area contributed by atoms with E-state index in [-0.39, 0.29) is 63.9 Å². The van der Waals surface area contributed by atoms with Gasteiger partial charge < -0.3 is 4.55 Å². The summed E-state index contributed by atoms with van der Waals surface area (Å²) in [5.74, 6) is 0.196. The molecule has 0 N–H and O–H groups in total. The van der Waals surface area contributed by atoms with Gasteiger partial charge in [0.15, 0.2) is 0 Å². The third kappa shape index (κ3) is 41.5. The number of rotatable bonds is 37. The molecule has 0 aromatic rings. The van der Waals surface area contributed by atoms with Crippen LogP contribution in [-0.4, -0.2) is 19.6 Å². The van der Waals surface area contributed by atoms with Gasteiger partial charge in [-0.3, -0.25) is 4.18 Å². The molecule has 44 heavy (non-hydrogen) atoms. The summed E-state index contributed by atoms with van der Waals surface area (Å²) in [4.78, 5) is 0. The average Bonchev–Trinajstić information content (AvgIpc) is 2.98. The van der Waals surface area contributed by atoms with E-state index < -0.39 is 10.4 Å². The first-order chi connectivity index (χ1) is 21.0. The Labute approximate surface area is 320 Å². The zero-order valence-corrected chi connectivity index (χ0v) is 34.3. The van der Waals surface area contributed by atoms with E-state index in [9.17, 15) is 13.0 Å². The topological polar surface area (TPSA) is 66.4 Å². The second kappa shape index (κ2) is 38.9. The van der Waals surface area contributed by atoms with Crippen molar-refractivity contribution in [2.24, 2.45) is 5.92 Å². The van der Waals surface area contributed by atoms with E-state index in [4.69, 9.17) is 0 Å². The third-order valence-corrected chi connectivity index (χ3v) is 9.80. The maximum atomic E-state index is 11.0. The van der Waals surface area contributed by atoms with E-state index in [2.05, 4.69) is 18.0 Å². The average molecular weight is 669 g/mol. The first-order valence-electron chi connectivity index (χ1n) is 19.6. The number of unbranched alkanes of at least 4 members (excludes halogenated alkanes) is 30. The van der Waals surface area contributed by atoms with Crippen LogP contribution in [0.3, 0.4) is 0 Å². The molecule has 0 amide bonds. The van der Waals surface area contributed by atoms with E-state index in [1.54, 1.807) is 0 Å². The van der Waals surface area contributed by atoms with Gasteiger partial charge in [0.2, 0.25) is 10.4 Å². The molecule has 0 aliphatic rings. The predicted molar refractivity (Wildman–Crippen MR) is 187 cm³/mol. The molecule has 0 rings (SSSR count). The van der Waals surface area contributed by atoms with Crippen molar-refractivity contribution in [2.45, 2.75) is 232 Å². The van der Waals surface area contributed by atoms with Crippen LogP contribution in [-0.2, 0) is 14.6 Å². The van der Waals surface area contributed by atoms with Crippen molar-refractivity contribution in [3.8, 4) is 0 Å². The predicted octanol–water partition coefficient (Wildman–Crippen LogP) is 10.4. The summed E-state index contributed by atoms with van der Waals surface area (Å²) in [6.07, 6.45) is 45.3. The Morgan fingerprint density at radius 3 is 0.818 bits per heavy atom. The Kier molecular flexibility index (Phi) is 42.2. The van der Waals surface area contributed by atoms with Crippen molar-refractivity contribution in [3.63, 3.8) is 0 Å². The van der Waals surface area contributed by atoms with Crippen LogP contribution in [0.25, 0.3) is 0 Å². The Hall–Kier alpha value is 1.51. The molecule has 0 unspecified atom stereocenters. The maximum absolute atomic E-state index is 11.0. The molecule has 0 spiro atoms. The second-order valence-electron chi connectivity index (χ2n) is 13.7. The fourth-order valence-corrected chi connectivity index (χ4v) is 6.81. The van der Waals surface area contributed by atoms with E-state index in [1.807, 2.05) is 0 Å². The molecule has 0 aromatic heterocycles. The molecule has 0 saturated heterocycles. The van der Waals surface area contributed by atoms with Gasteiger partial charge in [0, 0.05) is 0 Å². The molecule has 0 bridgehead atoms. The Balaban J connectivity index is 0. The van der Waals surface area contributed by atoms with Crippen molar-refractivity contribution in [3.05, 3.63) is 0 Å². The van der Waals surface area contributed by atoms with Crippen molar-refractivity contribution >= 4 is 10.4 Å². The molecule has 0 heterocycles. The summed E-state index contributed by atoms with van der Waals surface area (Å²) in [6.45, 7) is 4.63. The minimum Gasteiger partial charge on any atom is -0.726 e. The van der Waals surface area contributed by atoms with Crippen LogP contribution >= 0.6 is 0 Å². The molecule has 0 aliphatic heterocycles. The van der Waals surface area contributed by atoms with Gasteiger partial charge in [0.1, 0.15) is 0 Å². The van der Waals surface area contributed by atoms with Gasteiger partial charge in [-0.1, -0.05) is 219 Å². The van der Waals surface area contributed by atoms with Crippen molar-refractivity contribution in [1.29, 1.82) is 0 Å². The Morgan fingerprint density at radius 2 is 0.614 bits per heavy atom.